The minimum Gasteiger partial charge on any atom is -0.293 e. The Hall–Kier alpha value is -2.73. The standard InChI is InChI=1S/C14H11FN4O/c15-9-4-3-5-10(8-9)19-13(20)11-6-1-2-7-12(11)17-14(19)18-16/h1-8H,16H2,(H,17,18). The van der Waals surface area contributed by atoms with Crippen LogP contribution in [0.4, 0.5) is 10.3 Å². The van der Waals surface area contributed by atoms with Crippen LogP contribution in [0.3, 0.4) is 0 Å². The van der Waals surface area contributed by atoms with E-state index in [1.165, 1.54) is 22.8 Å². The Bertz CT molecular complexity index is 844. The maximum Gasteiger partial charge on any atom is 0.267 e. The van der Waals surface area contributed by atoms with Crippen LogP contribution in [0.25, 0.3) is 16.6 Å². The fourth-order valence-electron chi connectivity index (χ4n) is 2.08. The smallest absolute Gasteiger partial charge is 0.267 e. The number of para-hydroxylation sites is 1. The van der Waals surface area contributed by atoms with Crippen molar-refractivity contribution in [2.45, 2.75) is 0 Å². The number of halogens is 1. The molecule has 0 aliphatic rings. The summed E-state index contributed by atoms with van der Waals surface area (Å²) in [5.74, 6) is 5.13. The summed E-state index contributed by atoms with van der Waals surface area (Å²) in [6, 6.07) is 12.6. The van der Waals surface area contributed by atoms with Crippen molar-refractivity contribution in [3.63, 3.8) is 0 Å². The third kappa shape index (κ3) is 1.92. The van der Waals surface area contributed by atoms with Crippen LogP contribution >= 0.6 is 0 Å². The van der Waals surface area contributed by atoms with E-state index in [9.17, 15) is 9.18 Å². The van der Waals surface area contributed by atoms with E-state index in [-0.39, 0.29) is 11.5 Å². The molecule has 0 spiro atoms. The molecule has 2 aromatic carbocycles. The molecule has 3 rings (SSSR count). The van der Waals surface area contributed by atoms with Gasteiger partial charge in [-0.2, -0.15) is 0 Å². The van der Waals surface area contributed by atoms with Crippen LogP contribution in [0.2, 0.25) is 0 Å². The zero-order valence-electron chi connectivity index (χ0n) is 10.4. The maximum absolute atomic E-state index is 13.3. The number of fused-ring (bicyclic) bond motifs is 1. The van der Waals surface area contributed by atoms with Crippen LogP contribution in [0, 0.1) is 5.82 Å². The molecule has 0 amide bonds. The molecule has 0 saturated carbocycles. The number of hydrogen-bond donors (Lipinski definition) is 2. The Morgan fingerprint density at radius 3 is 2.70 bits per heavy atom. The SMILES string of the molecule is NNc1nc2ccccc2c(=O)n1-c1cccc(F)c1. The molecule has 0 atom stereocenters. The number of nitrogens with two attached hydrogens (primary N) is 1. The first-order valence-electron chi connectivity index (χ1n) is 5.95. The second-order valence-electron chi connectivity index (χ2n) is 4.22. The lowest BCUT2D eigenvalue weighted by Gasteiger charge is -2.12. The lowest BCUT2D eigenvalue weighted by Crippen LogP contribution is -2.26. The van der Waals surface area contributed by atoms with Gasteiger partial charge in [0.1, 0.15) is 5.82 Å². The van der Waals surface area contributed by atoms with Crippen molar-refractivity contribution in [3.8, 4) is 5.69 Å². The number of rotatable bonds is 2. The van der Waals surface area contributed by atoms with Crippen molar-refractivity contribution in [3.05, 3.63) is 64.7 Å². The Kier molecular flexibility index (Phi) is 2.92. The quantitative estimate of drug-likeness (QED) is 0.550. The molecule has 0 unspecified atom stereocenters. The summed E-state index contributed by atoms with van der Waals surface area (Å²) in [5.41, 5.74) is 2.95. The van der Waals surface area contributed by atoms with Gasteiger partial charge in [0.05, 0.1) is 16.6 Å². The number of benzene rings is 2. The van der Waals surface area contributed by atoms with Crippen LogP contribution in [-0.2, 0) is 0 Å². The maximum atomic E-state index is 13.3. The highest BCUT2D eigenvalue weighted by Crippen LogP contribution is 2.16. The third-order valence-corrected chi connectivity index (χ3v) is 2.97. The van der Waals surface area contributed by atoms with Gasteiger partial charge in [0.2, 0.25) is 5.95 Å². The molecule has 3 aromatic rings. The molecule has 0 aliphatic carbocycles. The predicted molar refractivity (Wildman–Crippen MR) is 75.1 cm³/mol. The van der Waals surface area contributed by atoms with Gasteiger partial charge in [-0.05, 0) is 30.3 Å². The minimum atomic E-state index is -0.439. The number of nitrogens with zero attached hydrogens (tertiary/aromatic N) is 2. The van der Waals surface area contributed by atoms with Crippen molar-refractivity contribution in [1.29, 1.82) is 0 Å². The molecule has 1 aromatic heterocycles. The molecule has 3 N–H and O–H groups in total. The van der Waals surface area contributed by atoms with Crippen LogP contribution in [0.5, 0.6) is 0 Å². The average molecular weight is 270 g/mol. The van der Waals surface area contributed by atoms with Gasteiger partial charge in [0.25, 0.3) is 5.56 Å². The second kappa shape index (κ2) is 4.75. The summed E-state index contributed by atoms with van der Waals surface area (Å²) in [7, 11) is 0. The van der Waals surface area contributed by atoms with E-state index in [2.05, 4.69) is 10.4 Å². The number of nitrogen functional groups attached to an aromatic ring is 1. The Morgan fingerprint density at radius 2 is 1.95 bits per heavy atom. The minimum absolute atomic E-state index is 0.152. The first-order valence-corrected chi connectivity index (χ1v) is 5.95. The molecular weight excluding hydrogens is 259 g/mol. The van der Waals surface area contributed by atoms with Crippen molar-refractivity contribution in [2.24, 2.45) is 5.84 Å². The number of hydrazine groups is 1. The van der Waals surface area contributed by atoms with Crippen LogP contribution < -0.4 is 16.8 Å². The fourth-order valence-corrected chi connectivity index (χ4v) is 2.08. The lowest BCUT2D eigenvalue weighted by molar-refractivity contribution is 0.626. The first-order chi connectivity index (χ1) is 9.70. The van der Waals surface area contributed by atoms with Gasteiger partial charge in [-0.15, -0.1) is 0 Å². The van der Waals surface area contributed by atoms with E-state index in [1.807, 2.05) is 0 Å². The number of aromatic nitrogens is 2. The van der Waals surface area contributed by atoms with Crippen LogP contribution in [0.15, 0.2) is 53.3 Å². The monoisotopic (exact) mass is 270 g/mol. The van der Waals surface area contributed by atoms with Gasteiger partial charge >= 0.3 is 0 Å². The van der Waals surface area contributed by atoms with Gasteiger partial charge in [0.15, 0.2) is 0 Å². The summed E-state index contributed by atoms with van der Waals surface area (Å²) in [6.45, 7) is 0. The van der Waals surface area contributed by atoms with E-state index >= 15 is 0 Å². The number of nitrogens with one attached hydrogen (secondary N) is 1. The number of hydrogen-bond acceptors (Lipinski definition) is 4. The largest absolute Gasteiger partial charge is 0.293 e. The van der Waals surface area contributed by atoms with E-state index < -0.39 is 5.82 Å². The van der Waals surface area contributed by atoms with Crippen molar-refractivity contribution >= 4 is 16.9 Å². The molecule has 6 heteroatoms. The normalized spacial score (nSPS) is 10.7. The second-order valence-corrected chi connectivity index (χ2v) is 4.22. The van der Waals surface area contributed by atoms with Gasteiger partial charge in [0, 0.05) is 0 Å². The average Bonchev–Trinajstić information content (AvgIpc) is 2.47. The summed E-state index contributed by atoms with van der Waals surface area (Å²) < 4.78 is 14.6. The Balaban J connectivity index is 2.40. The van der Waals surface area contributed by atoms with Gasteiger partial charge in [-0.25, -0.2) is 19.8 Å². The molecule has 0 saturated heterocycles. The van der Waals surface area contributed by atoms with Crippen LogP contribution in [-0.4, -0.2) is 9.55 Å². The van der Waals surface area contributed by atoms with Crippen LogP contribution in [0.1, 0.15) is 0 Å². The summed E-state index contributed by atoms with van der Waals surface area (Å²) in [4.78, 5) is 16.8. The van der Waals surface area contributed by atoms with E-state index in [0.717, 1.165) is 0 Å². The Morgan fingerprint density at radius 1 is 1.15 bits per heavy atom. The van der Waals surface area contributed by atoms with Gasteiger partial charge < -0.3 is 0 Å². The molecule has 100 valence electrons. The molecule has 0 fully saturated rings. The highest BCUT2D eigenvalue weighted by Gasteiger charge is 2.11. The molecule has 0 bridgehead atoms. The Labute approximate surface area is 113 Å². The van der Waals surface area contributed by atoms with E-state index in [4.69, 9.17) is 5.84 Å². The zero-order chi connectivity index (χ0) is 14.1. The predicted octanol–water partition coefficient (Wildman–Crippen LogP) is 1.81. The summed E-state index contributed by atoms with van der Waals surface area (Å²) in [5, 5.41) is 0.441. The molecule has 0 aliphatic heterocycles. The molecule has 0 radical (unpaired) electrons. The van der Waals surface area contributed by atoms with E-state index in [1.54, 1.807) is 30.3 Å². The molecule has 20 heavy (non-hydrogen) atoms. The molecule has 5 nitrogen and oxygen atoms in total. The summed E-state index contributed by atoms with van der Waals surface area (Å²) >= 11 is 0. The first kappa shape index (κ1) is 12.3. The highest BCUT2D eigenvalue weighted by atomic mass is 19.1. The van der Waals surface area contributed by atoms with Gasteiger partial charge in [-0.3, -0.25) is 10.2 Å². The van der Waals surface area contributed by atoms with Crippen molar-refractivity contribution < 1.29 is 4.39 Å². The third-order valence-electron chi connectivity index (χ3n) is 2.97. The highest BCUT2D eigenvalue weighted by molar-refractivity contribution is 5.79. The molecule has 1 heterocycles. The topological polar surface area (TPSA) is 72.9 Å². The van der Waals surface area contributed by atoms with E-state index in [0.29, 0.717) is 16.6 Å². The van der Waals surface area contributed by atoms with Crippen molar-refractivity contribution in [1.82, 2.24) is 9.55 Å². The van der Waals surface area contributed by atoms with Gasteiger partial charge in [-0.1, -0.05) is 18.2 Å². The fraction of sp³-hybridized carbons (Fsp3) is 0. The summed E-state index contributed by atoms with van der Waals surface area (Å²) in [6.07, 6.45) is 0. The number of anilines is 1. The zero-order valence-corrected chi connectivity index (χ0v) is 10.4. The van der Waals surface area contributed by atoms with Crippen molar-refractivity contribution in [2.75, 3.05) is 5.43 Å². The molecular formula is C14H11FN4O. The lowest BCUT2D eigenvalue weighted by atomic mass is 10.2.